The molecule has 0 aliphatic carbocycles. The van der Waals surface area contributed by atoms with E-state index in [2.05, 4.69) is 0 Å². The summed E-state index contributed by atoms with van der Waals surface area (Å²) < 4.78 is 4.90. The summed E-state index contributed by atoms with van der Waals surface area (Å²) in [5.41, 5.74) is 0.513. The number of cyclic esters (lactones) is 1. The van der Waals surface area contributed by atoms with Crippen LogP contribution in [-0.2, 0) is 9.53 Å². The second kappa shape index (κ2) is 5.48. The normalized spacial score (nSPS) is 27.4. The molecule has 0 radical (unpaired) electrons. The summed E-state index contributed by atoms with van der Waals surface area (Å²) in [6.07, 6.45) is -4.20. The highest BCUT2D eigenvalue weighted by Crippen LogP contribution is 2.26. The molecule has 0 saturated carbocycles. The third-order valence-electron chi connectivity index (χ3n) is 3.09. The summed E-state index contributed by atoms with van der Waals surface area (Å²) in [5, 5.41) is 29.7. The lowest BCUT2D eigenvalue weighted by molar-refractivity contribution is -0.183. The van der Waals surface area contributed by atoms with Crippen molar-refractivity contribution in [2.45, 2.75) is 37.3 Å². The van der Waals surface area contributed by atoms with Crippen molar-refractivity contribution in [3.8, 4) is 0 Å². The van der Waals surface area contributed by atoms with Crippen LogP contribution < -0.4 is 0 Å². The molecule has 18 heavy (non-hydrogen) atoms. The fraction of sp³-hybridized carbons (Fsp3) is 0.462. The van der Waals surface area contributed by atoms with Gasteiger partial charge >= 0.3 is 5.97 Å². The van der Waals surface area contributed by atoms with Crippen molar-refractivity contribution in [2.24, 2.45) is 0 Å². The minimum absolute atomic E-state index is 0.131. The fourth-order valence-electron chi connectivity index (χ4n) is 2.04. The molecule has 1 aromatic carbocycles. The average Bonchev–Trinajstić information content (AvgIpc) is 2.41. The van der Waals surface area contributed by atoms with Gasteiger partial charge in [-0.25, -0.2) is 0 Å². The van der Waals surface area contributed by atoms with Gasteiger partial charge in [0.25, 0.3) is 0 Å². The smallest absolute Gasteiger partial charge is 0.306 e. The standard InChI is InChI=1S/C13H16O5/c14-9-6-7-10(15)18-13(9)12(17)11(16)8-4-2-1-3-5-8/h1-5,9,11-14,16-17H,6-7H2/t9-,11-,12-,13-/m0/s1. The lowest BCUT2D eigenvalue weighted by Gasteiger charge is -2.33. The number of ether oxygens (including phenoxy) is 1. The minimum Gasteiger partial charge on any atom is -0.457 e. The molecule has 4 atom stereocenters. The number of benzene rings is 1. The van der Waals surface area contributed by atoms with E-state index in [0.717, 1.165) is 0 Å². The Morgan fingerprint density at radius 3 is 2.56 bits per heavy atom. The van der Waals surface area contributed by atoms with Crippen molar-refractivity contribution in [1.29, 1.82) is 0 Å². The summed E-state index contributed by atoms with van der Waals surface area (Å²) in [5.74, 6) is -0.468. The number of hydrogen-bond acceptors (Lipinski definition) is 5. The van der Waals surface area contributed by atoms with Gasteiger partial charge in [-0.3, -0.25) is 4.79 Å². The molecule has 5 heteroatoms. The van der Waals surface area contributed by atoms with E-state index in [4.69, 9.17) is 4.74 Å². The monoisotopic (exact) mass is 252 g/mol. The van der Waals surface area contributed by atoms with E-state index in [0.29, 0.717) is 5.56 Å². The van der Waals surface area contributed by atoms with Crippen molar-refractivity contribution in [2.75, 3.05) is 0 Å². The molecule has 0 spiro atoms. The number of carbonyl (C=O) groups excluding carboxylic acids is 1. The predicted molar refractivity (Wildman–Crippen MR) is 62.5 cm³/mol. The lowest BCUT2D eigenvalue weighted by atomic mass is 9.94. The van der Waals surface area contributed by atoms with Gasteiger partial charge in [-0.15, -0.1) is 0 Å². The van der Waals surface area contributed by atoms with E-state index >= 15 is 0 Å². The fourth-order valence-corrected chi connectivity index (χ4v) is 2.04. The molecule has 0 bridgehead atoms. The molecule has 0 unspecified atom stereocenters. The van der Waals surface area contributed by atoms with Gasteiger partial charge in [-0.1, -0.05) is 30.3 Å². The second-order valence-corrected chi connectivity index (χ2v) is 4.41. The Hall–Kier alpha value is -1.43. The van der Waals surface area contributed by atoms with Crippen molar-refractivity contribution in [1.82, 2.24) is 0 Å². The molecule has 0 amide bonds. The summed E-state index contributed by atoms with van der Waals surface area (Å²) in [6.45, 7) is 0. The van der Waals surface area contributed by atoms with E-state index in [1.165, 1.54) is 0 Å². The topological polar surface area (TPSA) is 87.0 Å². The Balaban J connectivity index is 2.10. The number of aliphatic hydroxyl groups is 3. The van der Waals surface area contributed by atoms with E-state index in [1.807, 2.05) is 0 Å². The Morgan fingerprint density at radius 1 is 1.22 bits per heavy atom. The van der Waals surface area contributed by atoms with Crippen LogP contribution >= 0.6 is 0 Å². The van der Waals surface area contributed by atoms with E-state index < -0.39 is 30.4 Å². The van der Waals surface area contributed by atoms with Crippen LogP contribution in [0.2, 0.25) is 0 Å². The zero-order valence-electron chi connectivity index (χ0n) is 9.77. The maximum Gasteiger partial charge on any atom is 0.306 e. The number of carbonyl (C=O) groups is 1. The average molecular weight is 252 g/mol. The molecular weight excluding hydrogens is 236 g/mol. The van der Waals surface area contributed by atoms with Gasteiger partial charge < -0.3 is 20.1 Å². The van der Waals surface area contributed by atoms with Gasteiger partial charge in [-0.2, -0.15) is 0 Å². The van der Waals surface area contributed by atoms with Crippen LogP contribution in [0.3, 0.4) is 0 Å². The Kier molecular flexibility index (Phi) is 3.96. The summed E-state index contributed by atoms with van der Waals surface area (Å²) >= 11 is 0. The van der Waals surface area contributed by atoms with Crippen LogP contribution in [-0.4, -0.2) is 39.6 Å². The molecule has 1 aromatic rings. The third kappa shape index (κ3) is 2.69. The third-order valence-corrected chi connectivity index (χ3v) is 3.09. The number of esters is 1. The molecule has 5 nitrogen and oxygen atoms in total. The highest BCUT2D eigenvalue weighted by atomic mass is 16.6. The van der Waals surface area contributed by atoms with Crippen molar-refractivity contribution in [3.05, 3.63) is 35.9 Å². The van der Waals surface area contributed by atoms with Crippen LogP contribution in [0, 0.1) is 0 Å². The molecule has 1 heterocycles. The molecule has 1 aliphatic heterocycles. The predicted octanol–water partition coefficient (Wildman–Crippen LogP) is 0.147. The molecule has 2 rings (SSSR count). The molecule has 98 valence electrons. The van der Waals surface area contributed by atoms with Gasteiger partial charge in [0.15, 0.2) is 6.10 Å². The first-order valence-electron chi connectivity index (χ1n) is 5.88. The zero-order valence-corrected chi connectivity index (χ0v) is 9.77. The van der Waals surface area contributed by atoms with Crippen LogP contribution in [0.4, 0.5) is 0 Å². The Bertz CT molecular complexity index is 405. The first kappa shape index (κ1) is 13.0. The Morgan fingerprint density at radius 2 is 1.89 bits per heavy atom. The van der Waals surface area contributed by atoms with Crippen molar-refractivity contribution in [3.63, 3.8) is 0 Å². The lowest BCUT2D eigenvalue weighted by Crippen LogP contribution is -2.47. The van der Waals surface area contributed by atoms with Crippen molar-refractivity contribution < 1.29 is 24.9 Å². The van der Waals surface area contributed by atoms with Crippen LogP contribution in [0.5, 0.6) is 0 Å². The Labute approximate surface area is 105 Å². The van der Waals surface area contributed by atoms with Gasteiger partial charge in [0, 0.05) is 6.42 Å². The number of rotatable bonds is 3. The summed E-state index contributed by atoms with van der Waals surface area (Å²) in [6, 6.07) is 8.57. The van der Waals surface area contributed by atoms with Crippen LogP contribution in [0.15, 0.2) is 30.3 Å². The van der Waals surface area contributed by atoms with Crippen LogP contribution in [0.25, 0.3) is 0 Å². The maximum absolute atomic E-state index is 11.2. The molecule has 1 saturated heterocycles. The van der Waals surface area contributed by atoms with Crippen molar-refractivity contribution >= 4 is 5.97 Å². The molecule has 1 fully saturated rings. The zero-order chi connectivity index (χ0) is 13.1. The van der Waals surface area contributed by atoms with Gasteiger partial charge in [0.2, 0.25) is 0 Å². The SMILES string of the molecule is O=C1CC[C@H](O)[C@@H]([C@@H](O)[C@@H](O)c2ccccc2)O1. The quantitative estimate of drug-likeness (QED) is 0.666. The van der Waals surface area contributed by atoms with Gasteiger partial charge in [-0.05, 0) is 12.0 Å². The van der Waals surface area contributed by atoms with E-state index in [1.54, 1.807) is 30.3 Å². The largest absolute Gasteiger partial charge is 0.457 e. The number of aliphatic hydroxyl groups excluding tert-OH is 3. The number of hydrogen-bond donors (Lipinski definition) is 3. The highest BCUT2D eigenvalue weighted by molar-refractivity contribution is 5.70. The first-order chi connectivity index (χ1) is 8.59. The molecule has 3 N–H and O–H groups in total. The minimum atomic E-state index is -1.34. The highest BCUT2D eigenvalue weighted by Gasteiger charge is 2.38. The molecule has 0 aromatic heterocycles. The van der Waals surface area contributed by atoms with E-state index in [9.17, 15) is 20.1 Å². The summed E-state index contributed by atoms with van der Waals surface area (Å²) in [4.78, 5) is 11.2. The second-order valence-electron chi connectivity index (χ2n) is 4.41. The molecule has 1 aliphatic rings. The maximum atomic E-state index is 11.2. The van der Waals surface area contributed by atoms with Gasteiger partial charge in [0.05, 0.1) is 6.10 Å². The molecular formula is C13H16O5. The van der Waals surface area contributed by atoms with Crippen LogP contribution in [0.1, 0.15) is 24.5 Å². The summed E-state index contributed by atoms with van der Waals surface area (Å²) in [7, 11) is 0. The van der Waals surface area contributed by atoms with Gasteiger partial charge in [0.1, 0.15) is 12.2 Å². The van der Waals surface area contributed by atoms with E-state index in [-0.39, 0.29) is 12.8 Å². The first-order valence-corrected chi connectivity index (χ1v) is 5.88.